The molecule has 0 saturated carbocycles. The molecule has 2 atom stereocenters. The lowest BCUT2D eigenvalue weighted by Gasteiger charge is -2.28. The van der Waals surface area contributed by atoms with Gasteiger partial charge in [0, 0.05) is 12.1 Å². The Kier molecular flexibility index (Phi) is 7.68. The first-order chi connectivity index (χ1) is 16.1. The molecule has 1 fully saturated rings. The fourth-order valence-corrected chi connectivity index (χ4v) is 4.28. The van der Waals surface area contributed by atoms with Crippen molar-refractivity contribution in [3.63, 3.8) is 0 Å². The van der Waals surface area contributed by atoms with Gasteiger partial charge in [0.05, 0.1) is 45.5 Å². The number of aromatic amines is 1. The summed E-state index contributed by atoms with van der Waals surface area (Å²) in [5.41, 5.74) is 1.16. The van der Waals surface area contributed by atoms with Crippen LogP contribution in [0.1, 0.15) is 21.7 Å². The molecule has 4 rings (SSSR count). The number of amides is 1. The summed E-state index contributed by atoms with van der Waals surface area (Å²) >= 11 is 1.28. The van der Waals surface area contributed by atoms with Crippen LogP contribution in [-0.2, 0) is 27.4 Å². The minimum absolute atomic E-state index is 0.0455. The molecule has 0 bridgehead atoms. The highest BCUT2D eigenvalue weighted by Crippen LogP contribution is 2.22. The van der Waals surface area contributed by atoms with Crippen LogP contribution in [0.3, 0.4) is 0 Å². The number of nitrogens with one attached hydrogen (secondary N) is 2. The van der Waals surface area contributed by atoms with Crippen LogP contribution in [0.2, 0.25) is 0 Å². The summed E-state index contributed by atoms with van der Waals surface area (Å²) in [6.07, 6.45) is -0.525. The fourth-order valence-electron chi connectivity index (χ4n) is 3.35. The summed E-state index contributed by atoms with van der Waals surface area (Å²) in [4.78, 5) is 32.6. The predicted octanol–water partition coefficient (Wildman–Crippen LogP) is 1.22. The van der Waals surface area contributed by atoms with Gasteiger partial charge in [-0.1, -0.05) is 12.1 Å². The second kappa shape index (κ2) is 10.9. The number of carbonyl (C=O) groups excluding carboxylic acids is 1. The van der Waals surface area contributed by atoms with Crippen LogP contribution in [-0.4, -0.2) is 66.7 Å². The number of hydrogen-bond donors (Lipinski definition) is 3. The molecule has 0 aliphatic carbocycles. The van der Waals surface area contributed by atoms with Gasteiger partial charge in [-0.15, -0.1) is 11.3 Å². The number of carbonyl (C=O) groups is 1. The second-order valence-electron chi connectivity index (χ2n) is 7.50. The average molecular weight is 476 g/mol. The van der Waals surface area contributed by atoms with E-state index in [1.807, 2.05) is 24.3 Å². The van der Waals surface area contributed by atoms with Crippen LogP contribution < -0.4 is 15.6 Å². The minimum atomic E-state index is -0.473. The van der Waals surface area contributed by atoms with Crippen LogP contribution in [0.4, 0.5) is 0 Å². The van der Waals surface area contributed by atoms with Crippen LogP contribution in [0, 0.1) is 0 Å². The molecule has 33 heavy (non-hydrogen) atoms. The third-order valence-corrected chi connectivity index (χ3v) is 6.04. The molecule has 1 amide bonds. The molecule has 2 aromatic heterocycles. The Labute approximate surface area is 193 Å². The Morgan fingerprint density at radius 2 is 2.15 bits per heavy atom. The van der Waals surface area contributed by atoms with Crippen molar-refractivity contribution >= 4 is 27.5 Å². The molecular formula is C22H25N3O7S. The maximum atomic E-state index is 12.7. The second-order valence-corrected chi connectivity index (χ2v) is 8.36. The Bertz CT molecular complexity index is 1150. The summed E-state index contributed by atoms with van der Waals surface area (Å²) in [7, 11) is 1.58. The van der Waals surface area contributed by atoms with Crippen molar-refractivity contribution in [1.82, 2.24) is 15.3 Å². The summed E-state index contributed by atoms with van der Waals surface area (Å²) < 4.78 is 21.9. The maximum Gasteiger partial charge on any atom is 0.287 e. The maximum absolute atomic E-state index is 12.7. The van der Waals surface area contributed by atoms with E-state index in [9.17, 15) is 9.59 Å². The van der Waals surface area contributed by atoms with E-state index >= 15 is 0 Å². The smallest absolute Gasteiger partial charge is 0.287 e. The van der Waals surface area contributed by atoms with E-state index in [1.165, 1.54) is 11.3 Å². The summed E-state index contributed by atoms with van der Waals surface area (Å²) in [5, 5.41) is 14.0. The molecule has 0 unspecified atom stereocenters. The van der Waals surface area contributed by atoms with Crippen LogP contribution in [0.25, 0.3) is 10.2 Å². The first-order valence-corrected chi connectivity index (χ1v) is 11.3. The number of aliphatic hydroxyl groups excluding tert-OH is 1. The third-order valence-electron chi connectivity index (χ3n) is 5.12. The highest BCUT2D eigenvalue weighted by Gasteiger charge is 2.22. The number of rotatable bonds is 9. The van der Waals surface area contributed by atoms with E-state index in [-0.39, 0.29) is 37.8 Å². The molecule has 3 heterocycles. The number of nitrogens with zero attached hydrogens (tertiary/aromatic N) is 1. The first-order valence-electron chi connectivity index (χ1n) is 10.4. The van der Waals surface area contributed by atoms with E-state index in [0.29, 0.717) is 41.4 Å². The van der Waals surface area contributed by atoms with Crippen molar-refractivity contribution in [3.05, 3.63) is 57.0 Å². The standard InChI is InChI=1S/C22H25N3O7S/c1-29-15-4-2-3-13(5-15)6-23-21(28)19-24-20(27)18-14(12-33-22(18)25-19)8-30-9-17-11-31-16(7-26)10-32-17/h2-5,12,16-17,26H,6-11H2,1H3,(H,23,28)(H,24,25,27)/t16-,17+/m0/s1. The Balaban J connectivity index is 1.36. The molecule has 3 aromatic rings. The molecule has 1 aromatic carbocycles. The van der Waals surface area contributed by atoms with Gasteiger partial charge >= 0.3 is 0 Å². The molecule has 10 nitrogen and oxygen atoms in total. The molecule has 0 radical (unpaired) electrons. The number of fused-ring (bicyclic) bond motifs is 1. The SMILES string of the molecule is COc1cccc(CNC(=O)c2nc3scc(COC[C@@H]4CO[C@@H](CO)CO4)c3c(=O)[nH]2)c1. The van der Waals surface area contributed by atoms with Crippen LogP contribution >= 0.6 is 11.3 Å². The van der Waals surface area contributed by atoms with Gasteiger partial charge in [0.25, 0.3) is 11.5 Å². The van der Waals surface area contributed by atoms with E-state index in [2.05, 4.69) is 15.3 Å². The number of H-pyrrole nitrogens is 1. The molecule has 11 heteroatoms. The first kappa shape index (κ1) is 23.3. The number of ether oxygens (including phenoxy) is 4. The van der Waals surface area contributed by atoms with Crippen LogP contribution in [0.5, 0.6) is 5.75 Å². The zero-order valence-corrected chi connectivity index (χ0v) is 18.9. The fraction of sp³-hybridized carbons (Fsp3) is 0.409. The number of aromatic nitrogens is 2. The quantitative estimate of drug-likeness (QED) is 0.421. The van der Waals surface area contributed by atoms with Gasteiger partial charge in [-0.05, 0) is 23.1 Å². The monoisotopic (exact) mass is 475 g/mol. The number of hydrogen-bond acceptors (Lipinski definition) is 9. The highest BCUT2D eigenvalue weighted by molar-refractivity contribution is 7.16. The lowest BCUT2D eigenvalue weighted by Crippen LogP contribution is -2.39. The molecule has 1 aliphatic heterocycles. The van der Waals surface area contributed by atoms with Crippen molar-refractivity contribution < 1.29 is 28.8 Å². The van der Waals surface area contributed by atoms with Crippen molar-refractivity contribution in [2.75, 3.05) is 33.5 Å². The van der Waals surface area contributed by atoms with Crippen molar-refractivity contribution in [3.8, 4) is 5.75 Å². The Morgan fingerprint density at radius 3 is 2.91 bits per heavy atom. The summed E-state index contributed by atoms with van der Waals surface area (Å²) in [6.45, 7) is 1.35. The number of aliphatic hydroxyl groups is 1. The van der Waals surface area contributed by atoms with Crippen molar-refractivity contribution in [2.24, 2.45) is 0 Å². The predicted molar refractivity (Wildman–Crippen MR) is 121 cm³/mol. The molecule has 0 spiro atoms. The van der Waals surface area contributed by atoms with Gasteiger partial charge < -0.3 is 34.4 Å². The number of benzene rings is 1. The molecule has 1 aliphatic rings. The highest BCUT2D eigenvalue weighted by atomic mass is 32.1. The zero-order valence-electron chi connectivity index (χ0n) is 18.0. The van der Waals surface area contributed by atoms with Gasteiger partial charge in [0.2, 0.25) is 5.82 Å². The van der Waals surface area contributed by atoms with Crippen molar-refractivity contribution in [1.29, 1.82) is 0 Å². The topological polar surface area (TPSA) is 132 Å². The molecular weight excluding hydrogens is 450 g/mol. The van der Waals surface area contributed by atoms with E-state index in [4.69, 9.17) is 24.1 Å². The zero-order chi connectivity index (χ0) is 23.2. The van der Waals surface area contributed by atoms with Gasteiger partial charge in [-0.3, -0.25) is 9.59 Å². The van der Waals surface area contributed by atoms with Crippen LogP contribution in [0.15, 0.2) is 34.4 Å². The molecule has 3 N–H and O–H groups in total. The third kappa shape index (κ3) is 5.75. The minimum Gasteiger partial charge on any atom is -0.497 e. The van der Waals surface area contributed by atoms with E-state index in [1.54, 1.807) is 12.5 Å². The molecule has 1 saturated heterocycles. The largest absolute Gasteiger partial charge is 0.497 e. The van der Waals surface area contributed by atoms with Gasteiger partial charge in [0.1, 0.15) is 22.8 Å². The Morgan fingerprint density at radius 1 is 1.33 bits per heavy atom. The van der Waals surface area contributed by atoms with Gasteiger partial charge in [-0.2, -0.15) is 0 Å². The Hall–Kier alpha value is -2.83. The lowest BCUT2D eigenvalue weighted by atomic mass is 10.2. The number of thiophene rings is 1. The summed E-state index contributed by atoms with van der Waals surface area (Å²) in [5.74, 6) is 0.175. The lowest BCUT2D eigenvalue weighted by molar-refractivity contribution is -0.162. The van der Waals surface area contributed by atoms with Gasteiger partial charge in [-0.25, -0.2) is 4.98 Å². The van der Waals surface area contributed by atoms with Crippen molar-refractivity contribution in [2.45, 2.75) is 25.4 Å². The average Bonchev–Trinajstić information content (AvgIpc) is 3.26. The van der Waals surface area contributed by atoms with Gasteiger partial charge in [0.15, 0.2) is 0 Å². The summed E-state index contributed by atoms with van der Waals surface area (Å²) in [6, 6.07) is 7.34. The van der Waals surface area contributed by atoms with E-state index < -0.39 is 11.5 Å². The van der Waals surface area contributed by atoms with E-state index in [0.717, 1.165) is 5.56 Å². The number of methoxy groups -OCH3 is 1. The normalized spacial score (nSPS) is 18.4. The molecule has 176 valence electrons.